The number of rotatable bonds is 10. The number of nitrogens with zero attached hydrogens (tertiary/aromatic N) is 4. The minimum Gasteiger partial charge on any atom is -0.310 e. The third-order valence-corrected chi connectivity index (χ3v) is 13.9. The third-order valence-electron chi connectivity index (χ3n) is 13.9. The summed E-state index contributed by atoms with van der Waals surface area (Å²) in [5, 5.41) is 16.7. The van der Waals surface area contributed by atoms with Gasteiger partial charge >= 0.3 is 0 Å². The lowest BCUT2D eigenvalue weighted by molar-refractivity contribution is 1.29. The minimum atomic E-state index is 0.617. The molecule has 0 aliphatic rings. The Hall–Kier alpha value is -9.74. The molecule has 0 unspecified atom stereocenters. The van der Waals surface area contributed by atoms with Gasteiger partial charge in [-0.3, -0.25) is 0 Å². The molecule has 12 aromatic carbocycles. The average Bonchev–Trinajstić information content (AvgIpc) is 3.44. The summed E-state index contributed by atoms with van der Waals surface area (Å²) in [5.74, 6) is 0. The molecule has 4 nitrogen and oxygen atoms in total. The van der Waals surface area contributed by atoms with Crippen LogP contribution in [0.15, 0.2) is 243 Å². The Bertz CT molecular complexity index is 3770. The number of benzene rings is 12. The molecule has 0 atom stereocenters. The lowest BCUT2D eigenvalue weighted by Gasteiger charge is -2.30. The van der Waals surface area contributed by atoms with E-state index in [-0.39, 0.29) is 0 Å². The summed E-state index contributed by atoms with van der Waals surface area (Å²) < 4.78 is 0. The van der Waals surface area contributed by atoms with E-state index in [1.807, 2.05) is 36.4 Å². The molecule has 72 heavy (non-hydrogen) atoms. The van der Waals surface area contributed by atoms with Crippen LogP contribution in [-0.4, -0.2) is 0 Å². The van der Waals surface area contributed by atoms with Crippen LogP contribution >= 0.6 is 0 Å². The molecule has 338 valence electrons. The molecule has 0 heterocycles. The topological polar surface area (TPSA) is 34.6 Å². The van der Waals surface area contributed by atoms with Crippen LogP contribution in [-0.2, 0) is 0 Å². The summed E-state index contributed by atoms with van der Waals surface area (Å²) in [6.07, 6.45) is 0. The summed E-state index contributed by atoms with van der Waals surface area (Å²) in [5.41, 5.74) is 18.6. The van der Waals surface area contributed by atoms with Gasteiger partial charge in [0.2, 0.25) is 0 Å². The van der Waals surface area contributed by atoms with Crippen molar-refractivity contribution in [2.45, 2.75) is 13.8 Å². The van der Waals surface area contributed by atoms with Crippen molar-refractivity contribution >= 4 is 72.1 Å². The molecule has 12 rings (SSSR count). The number of anilines is 6. The second-order valence-electron chi connectivity index (χ2n) is 18.6. The molecule has 0 aliphatic heterocycles. The number of aryl methyl sites for hydroxylation is 2. The van der Waals surface area contributed by atoms with Gasteiger partial charge in [-0.25, -0.2) is 4.85 Å². The lowest BCUT2D eigenvalue weighted by atomic mass is 9.91. The lowest BCUT2D eigenvalue weighted by Crippen LogP contribution is -2.12. The molecule has 0 aromatic heterocycles. The molecule has 0 spiro atoms. The normalized spacial score (nSPS) is 11.2. The Balaban J connectivity index is 1.09. The van der Waals surface area contributed by atoms with E-state index in [9.17, 15) is 5.26 Å². The van der Waals surface area contributed by atoms with Crippen LogP contribution in [0.2, 0.25) is 0 Å². The van der Waals surface area contributed by atoms with Crippen LogP contribution in [0, 0.1) is 31.8 Å². The van der Waals surface area contributed by atoms with Crippen LogP contribution in [0.4, 0.5) is 39.8 Å². The summed E-state index contributed by atoms with van der Waals surface area (Å²) in [6, 6.07) is 88.8. The van der Waals surface area contributed by atoms with Gasteiger partial charge in [-0.1, -0.05) is 169 Å². The van der Waals surface area contributed by atoms with E-state index in [1.165, 1.54) is 32.7 Å². The first kappa shape index (κ1) is 43.5. The standard InChI is InChI=1S/C68H46N4/c1-45-14-30-59(31-15-45)71(61-40-54(48-10-6-4-7-11-48)38-56(42-61)50-20-18-47(44-69)19-21-50)65-36-26-52-25-35-64-66(37-27-53-24-34-63(65)67(52)68(53)64)72(60-32-16-46(2)17-33-60)62-41-55(49-12-8-5-9-13-49)39-57(43-62)51-22-28-58(70-3)29-23-51/h4-43H,1-2H3. The zero-order valence-electron chi connectivity index (χ0n) is 39.9. The highest BCUT2D eigenvalue weighted by Gasteiger charge is 2.24. The highest BCUT2D eigenvalue weighted by molar-refractivity contribution is 6.28. The molecule has 0 fully saturated rings. The molecule has 0 amide bonds. The zero-order chi connectivity index (χ0) is 48.7. The van der Waals surface area contributed by atoms with Crippen molar-refractivity contribution < 1.29 is 0 Å². The largest absolute Gasteiger partial charge is 0.310 e. The van der Waals surface area contributed by atoms with E-state index in [0.29, 0.717) is 11.3 Å². The Morgan fingerprint density at radius 3 is 1.12 bits per heavy atom. The van der Waals surface area contributed by atoms with Gasteiger partial charge < -0.3 is 9.80 Å². The fourth-order valence-electron chi connectivity index (χ4n) is 10.3. The highest BCUT2D eigenvalue weighted by atomic mass is 15.1. The van der Waals surface area contributed by atoms with Crippen molar-refractivity contribution in [3.8, 4) is 50.6 Å². The predicted octanol–water partition coefficient (Wildman–Crippen LogP) is 19.2. The summed E-state index contributed by atoms with van der Waals surface area (Å²) >= 11 is 0. The predicted molar refractivity (Wildman–Crippen MR) is 302 cm³/mol. The molecule has 0 bridgehead atoms. The summed E-state index contributed by atoms with van der Waals surface area (Å²) in [4.78, 5) is 8.50. The first-order valence-corrected chi connectivity index (χ1v) is 24.2. The van der Waals surface area contributed by atoms with E-state index in [0.717, 1.165) is 89.4 Å². The fraction of sp³-hybridized carbons (Fsp3) is 0.0294. The fourth-order valence-corrected chi connectivity index (χ4v) is 10.3. The highest BCUT2D eigenvalue weighted by Crippen LogP contribution is 2.49. The van der Waals surface area contributed by atoms with Crippen LogP contribution < -0.4 is 9.80 Å². The third kappa shape index (κ3) is 8.04. The Kier molecular flexibility index (Phi) is 11.1. The van der Waals surface area contributed by atoms with Gasteiger partial charge in [0.25, 0.3) is 0 Å². The Labute approximate surface area is 420 Å². The molecule has 0 radical (unpaired) electrons. The number of hydrogen-bond donors (Lipinski definition) is 0. The van der Waals surface area contributed by atoms with Gasteiger partial charge in [0, 0.05) is 33.5 Å². The van der Waals surface area contributed by atoms with Crippen LogP contribution in [0.5, 0.6) is 0 Å². The van der Waals surface area contributed by atoms with E-state index in [2.05, 4.69) is 241 Å². The van der Waals surface area contributed by atoms with Gasteiger partial charge in [-0.15, -0.1) is 0 Å². The van der Waals surface area contributed by atoms with Gasteiger partial charge in [-0.2, -0.15) is 5.26 Å². The van der Waals surface area contributed by atoms with Gasteiger partial charge in [0.05, 0.1) is 29.6 Å². The first-order valence-electron chi connectivity index (χ1n) is 24.2. The number of hydrogen-bond acceptors (Lipinski definition) is 3. The Morgan fingerprint density at radius 1 is 0.361 bits per heavy atom. The molecule has 0 saturated carbocycles. The van der Waals surface area contributed by atoms with Crippen molar-refractivity contribution in [2.24, 2.45) is 0 Å². The molecule has 0 N–H and O–H groups in total. The molecule has 0 saturated heterocycles. The van der Waals surface area contributed by atoms with Crippen molar-refractivity contribution in [3.05, 3.63) is 271 Å². The van der Waals surface area contributed by atoms with Crippen molar-refractivity contribution in [2.75, 3.05) is 9.80 Å². The zero-order valence-corrected chi connectivity index (χ0v) is 39.9. The van der Waals surface area contributed by atoms with Gasteiger partial charge in [0.1, 0.15) is 0 Å². The van der Waals surface area contributed by atoms with Crippen LogP contribution in [0.3, 0.4) is 0 Å². The smallest absolute Gasteiger partial charge is 0.187 e. The van der Waals surface area contributed by atoms with Crippen molar-refractivity contribution in [1.82, 2.24) is 0 Å². The monoisotopic (exact) mass is 918 g/mol. The van der Waals surface area contributed by atoms with E-state index >= 15 is 0 Å². The molecule has 4 heteroatoms. The molecule has 12 aromatic rings. The van der Waals surface area contributed by atoms with Crippen LogP contribution in [0.1, 0.15) is 16.7 Å². The molecular formula is C68H46N4. The van der Waals surface area contributed by atoms with Gasteiger partial charge in [-0.05, 0) is 165 Å². The minimum absolute atomic E-state index is 0.617. The van der Waals surface area contributed by atoms with E-state index < -0.39 is 0 Å². The summed E-state index contributed by atoms with van der Waals surface area (Å²) in [6.45, 7) is 11.9. The second kappa shape index (κ2) is 18.3. The van der Waals surface area contributed by atoms with E-state index in [4.69, 9.17) is 6.57 Å². The maximum Gasteiger partial charge on any atom is 0.187 e. The summed E-state index contributed by atoms with van der Waals surface area (Å²) in [7, 11) is 0. The number of nitriles is 1. The molecule has 0 aliphatic carbocycles. The molecular weight excluding hydrogens is 873 g/mol. The van der Waals surface area contributed by atoms with Crippen molar-refractivity contribution in [3.63, 3.8) is 0 Å². The quantitative estimate of drug-likeness (QED) is 0.101. The average molecular weight is 919 g/mol. The van der Waals surface area contributed by atoms with Gasteiger partial charge in [0.15, 0.2) is 5.69 Å². The maximum atomic E-state index is 9.67. The van der Waals surface area contributed by atoms with E-state index in [1.54, 1.807) is 0 Å². The SMILES string of the molecule is [C-]#[N+]c1ccc(-c2cc(-c3ccccc3)cc(N(c3ccc(C)cc3)c3ccc4ccc5c(N(c6ccc(C)cc6)c6cc(-c7ccccc7)cc(-c7ccc(C#N)cc7)c6)ccc6ccc3c4c65)c2)cc1. The second-order valence-corrected chi connectivity index (χ2v) is 18.6. The Morgan fingerprint density at radius 2 is 0.736 bits per heavy atom. The maximum absolute atomic E-state index is 9.67. The van der Waals surface area contributed by atoms with Crippen LogP contribution in [0.25, 0.3) is 81.7 Å². The first-order chi connectivity index (χ1) is 35.4. The van der Waals surface area contributed by atoms with Crippen molar-refractivity contribution in [1.29, 1.82) is 5.26 Å².